The molecule has 0 atom stereocenters. The summed E-state index contributed by atoms with van der Waals surface area (Å²) >= 11 is 0. The second kappa shape index (κ2) is 3.44. The van der Waals surface area contributed by atoms with E-state index in [1.807, 2.05) is 0 Å². The Hall–Kier alpha value is -0.570. The van der Waals surface area contributed by atoms with E-state index >= 15 is 0 Å². The largest absolute Gasteiger partial charge is 0.340 e. The van der Waals surface area contributed by atoms with Crippen LogP contribution in [-0.2, 0) is 4.79 Å². The summed E-state index contributed by atoms with van der Waals surface area (Å²) in [6.07, 6.45) is 4.27. The molecule has 2 fully saturated rings. The van der Waals surface area contributed by atoms with Crippen molar-refractivity contribution in [2.45, 2.75) is 31.7 Å². The number of carbonyl (C=O) groups excluding carboxylic acids is 1. The standard InChI is InChI=1S/C9H16N2O/c12-9-4-6-10-5-1-7-11(9)8-2-3-8/h8,10H,1-7H2. The van der Waals surface area contributed by atoms with Crippen LogP contribution in [0.3, 0.4) is 0 Å². The summed E-state index contributed by atoms with van der Waals surface area (Å²) in [7, 11) is 0. The highest BCUT2D eigenvalue weighted by Crippen LogP contribution is 2.27. The quantitative estimate of drug-likeness (QED) is 0.613. The molecule has 0 bridgehead atoms. The molecule has 1 aliphatic carbocycles. The maximum atomic E-state index is 11.5. The summed E-state index contributed by atoms with van der Waals surface area (Å²) in [6.45, 7) is 2.90. The van der Waals surface area contributed by atoms with Gasteiger partial charge in [0.05, 0.1) is 0 Å². The number of nitrogens with zero attached hydrogens (tertiary/aromatic N) is 1. The third kappa shape index (κ3) is 1.78. The van der Waals surface area contributed by atoms with E-state index in [0.29, 0.717) is 18.4 Å². The van der Waals surface area contributed by atoms with Gasteiger partial charge < -0.3 is 10.2 Å². The molecule has 0 aromatic carbocycles. The van der Waals surface area contributed by atoms with Crippen molar-refractivity contribution in [3.63, 3.8) is 0 Å². The Morgan fingerprint density at radius 1 is 1.33 bits per heavy atom. The van der Waals surface area contributed by atoms with Crippen LogP contribution in [0.2, 0.25) is 0 Å². The molecular weight excluding hydrogens is 152 g/mol. The fourth-order valence-electron chi connectivity index (χ4n) is 1.74. The Bertz CT molecular complexity index is 177. The smallest absolute Gasteiger partial charge is 0.224 e. The number of hydrogen-bond acceptors (Lipinski definition) is 2. The van der Waals surface area contributed by atoms with Crippen LogP contribution in [0.4, 0.5) is 0 Å². The van der Waals surface area contributed by atoms with E-state index in [1.165, 1.54) is 12.8 Å². The topological polar surface area (TPSA) is 32.3 Å². The minimum atomic E-state index is 0.352. The van der Waals surface area contributed by atoms with Crippen molar-refractivity contribution in [2.24, 2.45) is 0 Å². The zero-order valence-corrected chi connectivity index (χ0v) is 7.38. The number of amides is 1. The lowest BCUT2D eigenvalue weighted by Crippen LogP contribution is -2.39. The molecule has 0 unspecified atom stereocenters. The van der Waals surface area contributed by atoms with Crippen molar-refractivity contribution in [3.05, 3.63) is 0 Å². The van der Waals surface area contributed by atoms with Crippen LogP contribution in [-0.4, -0.2) is 36.5 Å². The lowest BCUT2D eigenvalue weighted by Gasteiger charge is -2.24. The van der Waals surface area contributed by atoms with Gasteiger partial charge in [-0.2, -0.15) is 0 Å². The van der Waals surface area contributed by atoms with Gasteiger partial charge in [0, 0.05) is 25.6 Å². The maximum Gasteiger partial charge on any atom is 0.224 e. The van der Waals surface area contributed by atoms with Gasteiger partial charge in [-0.25, -0.2) is 0 Å². The van der Waals surface area contributed by atoms with E-state index in [-0.39, 0.29) is 0 Å². The Labute approximate surface area is 73.1 Å². The van der Waals surface area contributed by atoms with Crippen LogP contribution >= 0.6 is 0 Å². The second-order valence-electron chi connectivity index (χ2n) is 3.67. The predicted molar refractivity (Wildman–Crippen MR) is 46.8 cm³/mol. The molecule has 3 nitrogen and oxygen atoms in total. The van der Waals surface area contributed by atoms with Crippen molar-refractivity contribution in [2.75, 3.05) is 19.6 Å². The fraction of sp³-hybridized carbons (Fsp3) is 0.889. The van der Waals surface area contributed by atoms with Crippen molar-refractivity contribution >= 4 is 5.91 Å². The predicted octanol–water partition coefficient (Wildman–Crippen LogP) is 0.361. The highest BCUT2D eigenvalue weighted by atomic mass is 16.2. The lowest BCUT2D eigenvalue weighted by atomic mass is 10.2. The molecule has 0 aromatic rings. The first-order valence-corrected chi connectivity index (χ1v) is 4.88. The molecular formula is C9H16N2O. The van der Waals surface area contributed by atoms with Crippen LogP contribution in [0, 0.1) is 0 Å². The average molecular weight is 168 g/mol. The van der Waals surface area contributed by atoms with Gasteiger partial charge in [0.1, 0.15) is 0 Å². The van der Waals surface area contributed by atoms with Crippen LogP contribution < -0.4 is 5.32 Å². The molecule has 68 valence electrons. The van der Waals surface area contributed by atoms with E-state index < -0.39 is 0 Å². The summed E-state index contributed by atoms with van der Waals surface area (Å²) in [5, 5.41) is 3.25. The molecule has 0 spiro atoms. The Balaban J connectivity index is 1.92. The first-order valence-electron chi connectivity index (χ1n) is 4.88. The highest BCUT2D eigenvalue weighted by Gasteiger charge is 2.31. The fourth-order valence-corrected chi connectivity index (χ4v) is 1.74. The summed E-state index contributed by atoms with van der Waals surface area (Å²) < 4.78 is 0. The zero-order chi connectivity index (χ0) is 8.39. The van der Waals surface area contributed by atoms with Gasteiger partial charge in [-0.1, -0.05) is 0 Å². The van der Waals surface area contributed by atoms with Crippen LogP contribution in [0.1, 0.15) is 25.7 Å². The van der Waals surface area contributed by atoms with Gasteiger partial charge in [0.15, 0.2) is 0 Å². The Morgan fingerprint density at radius 2 is 2.17 bits per heavy atom. The van der Waals surface area contributed by atoms with Crippen LogP contribution in [0.25, 0.3) is 0 Å². The van der Waals surface area contributed by atoms with Crippen molar-refractivity contribution in [3.8, 4) is 0 Å². The van der Waals surface area contributed by atoms with Gasteiger partial charge in [0.25, 0.3) is 0 Å². The molecule has 1 aliphatic heterocycles. The summed E-state index contributed by atoms with van der Waals surface area (Å²) in [5.41, 5.74) is 0. The second-order valence-corrected chi connectivity index (χ2v) is 3.67. The minimum absolute atomic E-state index is 0.352. The van der Waals surface area contributed by atoms with E-state index in [4.69, 9.17) is 0 Å². The molecule has 1 amide bonds. The summed E-state index contributed by atoms with van der Waals surface area (Å²) in [5.74, 6) is 0.352. The molecule has 1 N–H and O–H groups in total. The van der Waals surface area contributed by atoms with Crippen molar-refractivity contribution < 1.29 is 4.79 Å². The van der Waals surface area contributed by atoms with Gasteiger partial charge in [-0.15, -0.1) is 0 Å². The van der Waals surface area contributed by atoms with Gasteiger partial charge >= 0.3 is 0 Å². The van der Waals surface area contributed by atoms with Crippen LogP contribution in [0.15, 0.2) is 0 Å². The zero-order valence-electron chi connectivity index (χ0n) is 7.38. The minimum Gasteiger partial charge on any atom is -0.340 e. The van der Waals surface area contributed by atoms with Gasteiger partial charge in [-0.3, -0.25) is 4.79 Å². The molecule has 1 saturated heterocycles. The van der Waals surface area contributed by atoms with E-state index in [0.717, 1.165) is 26.1 Å². The van der Waals surface area contributed by atoms with Crippen molar-refractivity contribution in [1.82, 2.24) is 10.2 Å². The number of rotatable bonds is 1. The molecule has 0 radical (unpaired) electrons. The number of hydrogen-bond donors (Lipinski definition) is 1. The molecule has 12 heavy (non-hydrogen) atoms. The molecule has 2 rings (SSSR count). The summed E-state index contributed by atoms with van der Waals surface area (Å²) in [6, 6.07) is 0.607. The molecule has 1 heterocycles. The van der Waals surface area contributed by atoms with Crippen LogP contribution in [0.5, 0.6) is 0 Å². The number of nitrogens with one attached hydrogen (secondary N) is 1. The van der Waals surface area contributed by atoms with Gasteiger partial charge in [0.2, 0.25) is 5.91 Å². The normalized spacial score (nSPS) is 26.7. The first-order chi connectivity index (χ1) is 5.88. The Kier molecular flexibility index (Phi) is 2.30. The monoisotopic (exact) mass is 168 g/mol. The van der Waals surface area contributed by atoms with E-state index in [9.17, 15) is 4.79 Å². The van der Waals surface area contributed by atoms with Gasteiger partial charge in [-0.05, 0) is 25.8 Å². The molecule has 1 saturated carbocycles. The lowest BCUT2D eigenvalue weighted by molar-refractivity contribution is -0.132. The SMILES string of the molecule is O=C1CCNCCCN1C1CC1. The van der Waals surface area contributed by atoms with E-state index in [1.54, 1.807) is 0 Å². The molecule has 0 aromatic heterocycles. The highest BCUT2D eigenvalue weighted by molar-refractivity contribution is 5.77. The average Bonchev–Trinajstić information content (AvgIpc) is 2.81. The Morgan fingerprint density at radius 3 is 2.92 bits per heavy atom. The summed E-state index contributed by atoms with van der Waals surface area (Å²) in [4.78, 5) is 13.6. The first kappa shape index (κ1) is 8.05. The number of carbonyl (C=O) groups is 1. The van der Waals surface area contributed by atoms with E-state index in [2.05, 4.69) is 10.2 Å². The molecule has 3 heteroatoms. The third-order valence-electron chi connectivity index (χ3n) is 2.58. The maximum absolute atomic E-state index is 11.5. The van der Waals surface area contributed by atoms with Crippen molar-refractivity contribution in [1.29, 1.82) is 0 Å². The third-order valence-corrected chi connectivity index (χ3v) is 2.58. The molecule has 2 aliphatic rings.